The van der Waals surface area contributed by atoms with Gasteiger partial charge < -0.3 is 5.32 Å². The lowest BCUT2D eigenvalue weighted by Crippen LogP contribution is -2.26. The molecule has 0 aromatic carbocycles. The van der Waals surface area contributed by atoms with Gasteiger partial charge in [-0.25, -0.2) is 4.98 Å². The van der Waals surface area contributed by atoms with Gasteiger partial charge in [-0.05, 0) is 53.8 Å². The molecule has 1 saturated heterocycles. The standard InChI is InChI=1S/C13H14BrN3OS2/c14-9-5-10(19-7-9)12(18)17-13-16-6-11(20-13)8-1-3-15-4-2-8/h5-8,15H,1-4H2,(H,16,17,18). The average Bonchev–Trinajstić information content (AvgIpc) is 3.09. The zero-order valence-corrected chi connectivity index (χ0v) is 13.9. The van der Waals surface area contributed by atoms with Crippen LogP contribution in [0.4, 0.5) is 5.13 Å². The number of nitrogens with one attached hydrogen (secondary N) is 2. The minimum atomic E-state index is -0.0908. The molecule has 0 aliphatic carbocycles. The largest absolute Gasteiger partial charge is 0.317 e. The summed E-state index contributed by atoms with van der Waals surface area (Å²) >= 11 is 6.37. The number of rotatable bonds is 3. The first-order valence-electron chi connectivity index (χ1n) is 6.44. The van der Waals surface area contributed by atoms with E-state index in [2.05, 4.69) is 31.5 Å². The SMILES string of the molecule is O=C(Nc1ncc(C2CCNCC2)s1)c1cc(Br)cs1. The Morgan fingerprint density at radius 1 is 1.45 bits per heavy atom. The first-order chi connectivity index (χ1) is 9.72. The van der Waals surface area contributed by atoms with Gasteiger partial charge in [-0.1, -0.05) is 0 Å². The van der Waals surface area contributed by atoms with Gasteiger partial charge in [-0.2, -0.15) is 0 Å². The molecule has 0 radical (unpaired) electrons. The number of halogens is 1. The molecule has 1 amide bonds. The van der Waals surface area contributed by atoms with Crippen LogP contribution < -0.4 is 10.6 Å². The van der Waals surface area contributed by atoms with Crippen LogP contribution in [0.5, 0.6) is 0 Å². The minimum Gasteiger partial charge on any atom is -0.317 e. The highest BCUT2D eigenvalue weighted by molar-refractivity contribution is 9.10. The minimum absolute atomic E-state index is 0.0908. The molecule has 2 N–H and O–H groups in total. The van der Waals surface area contributed by atoms with Crippen molar-refractivity contribution >= 4 is 49.6 Å². The van der Waals surface area contributed by atoms with E-state index < -0.39 is 0 Å². The average molecular weight is 372 g/mol. The molecule has 0 unspecified atom stereocenters. The summed E-state index contributed by atoms with van der Waals surface area (Å²) in [5.41, 5.74) is 0. The van der Waals surface area contributed by atoms with Crippen molar-refractivity contribution in [2.75, 3.05) is 18.4 Å². The van der Waals surface area contributed by atoms with Gasteiger partial charge >= 0.3 is 0 Å². The van der Waals surface area contributed by atoms with Crippen LogP contribution in [-0.4, -0.2) is 24.0 Å². The molecule has 20 heavy (non-hydrogen) atoms. The van der Waals surface area contributed by atoms with E-state index in [0.717, 1.165) is 30.4 Å². The maximum absolute atomic E-state index is 12.0. The number of amides is 1. The van der Waals surface area contributed by atoms with E-state index in [-0.39, 0.29) is 5.91 Å². The lowest BCUT2D eigenvalue weighted by molar-refractivity contribution is 0.103. The third-order valence-corrected chi connectivity index (χ3v) is 6.04. The molecule has 0 spiro atoms. The highest BCUT2D eigenvalue weighted by Crippen LogP contribution is 2.32. The van der Waals surface area contributed by atoms with E-state index in [1.54, 1.807) is 11.3 Å². The fourth-order valence-corrected chi connectivity index (χ4v) is 4.53. The van der Waals surface area contributed by atoms with Crippen LogP contribution in [-0.2, 0) is 0 Å². The Morgan fingerprint density at radius 3 is 2.95 bits per heavy atom. The van der Waals surface area contributed by atoms with Crippen LogP contribution in [0.3, 0.4) is 0 Å². The number of piperidine rings is 1. The molecule has 7 heteroatoms. The molecule has 2 aromatic heterocycles. The first-order valence-corrected chi connectivity index (χ1v) is 8.93. The molecule has 1 fully saturated rings. The van der Waals surface area contributed by atoms with Crippen LogP contribution in [0.1, 0.15) is 33.3 Å². The fraction of sp³-hybridized carbons (Fsp3) is 0.385. The zero-order valence-electron chi connectivity index (χ0n) is 10.7. The second-order valence-electron chi connectivity index (χ2n) is 4.68. The molecule has 1 aliphatic rings. The maximum Gasteiger partial charge on any atom is 0.267 e. The number of hydrogen-bond donors (Lipinski definition) is 2. The molecule has 2 aromatic rings. The number of anilines is 1. The van der Waals surface area contributed by atoms with Gasteiger partial charge in [0.2, 0.25) is 0 Å². The second-order valence-corrected chi connectivity index (χ2v) is 7.56. The molecule has 4 nitrogen and oxygen atoms in total. The maximum atomic E-state index is 12.0. The smallest absolute Gasteiger partial charge is 0.267 e. The van der Waals surface area contributed by atoms with Gasteiger partial charge in [0.05, 0.1) is 4.88 Å². The van der Waals surface area contributed by atoms with Crippen LogP contribution in [0.25, 0.3) is 0 Å². The Kier molecular flexibility index (Phi) is 4.50. The monoisotopic (exact) mass is 371 g/mol. The predicted molar refractivity (Wildman–Crippen MR) is 86.9 cm³/mol. The lowest BCUT2D eigenvalue weighted by atomic mass is 9.97. The molecule has 106 valence electrons. The fourth-order valence-electron chi connectivity index (χ4n) is 2.23. The summed E-state index contributed by atoms with van der Waals surface area (Å²) < 4.78 is 0.933. The molecular weight excluding hydrogens is 358 g/mol. The molecule has 1 aliphatic heterocycles. The molecule has 3 rings (SSSR count). The van der Waals surface area contributed by atoms with Crippen molar-refractivity contribution in [3.8, 4) is 0 Å². The zero-order chi connectivity index (χ0) is 13.9. The van der Waals surface area contributed by atoms with E-state index in [1.165, 1.54) is 16.2 Å². The van der Waals surface area contributed by atoms with Gasteiger partial charge in [-0.3, -0.25) is 10.1 Å². The Bertz CT molecular complexity index is 604. The number of thiazole rings is 1. The number of thiophene rings is 1. The van der Waals surface area contributed by atoms with Gasteiger partial charge in [0.15, 0.2) is 5.13 Å². The normalized spacial score (nSPS) is 16.2. The third-order valence-electron chi connectivity index (χ3n) is 3.28. The predicted octanol–water partition coefficient (Wildman–Crippen LogP) is 3.69. The number of carbonyl (C=O) groups is 1. The summed E-state index contributed by atoms with van der Waals surface area (Å²) in [6, 6.07) is 1.82. The van der Waals surface area contributed by atoms with Gasteiger partial charge in [-0.15, -0.1) is 22.7 Å². The summed E-state index contributed by atoms with van der Waals surface area (Å²) in [5, 5.41) is 8.82. The topological polar surface area (TPSA) is 54.0 Å². The molecule has 0 bridgehead atoms. The summed E-state index contributed by atoms with van der Waals surface area (Å²) in [5.74, 6) is 0.488. The summed E-state index contributed by atoms with van der Waals surface area (Å²) in [7, 11) is 0. The van der Waals surface area contributed by atoms with Crippen molar-refractivity contribution in [3.63, 3.8) is 0 Å². The van der Waals surface area contributed by atoms with Crippen molar-refractivity contribution in [3.05, 3.63) is 31.9 Å². The Morgan fingerprint density at radius 2 is 2.25 bits per heavy atom. The lowest BCUT2D eigenvalue weighted by Gasteiger charge is -2.20. The quantitative estimate of drug-likeness (QED) is 0.864. The van der Waals surface area contributed by atoms with E-state index in [1.807, 2.05) is 17.6 Å². The van der Waals surface area contributed by atoms with Crippen molar-refractivity contribution < 1.29 is 4.79 Å². The number of carbonyl (C=O) groups excluding carboxylic acids is 1. The summed E-state index contributed by atoms with van der Waals surface area (Å²) in [6.07, 6.45) is 4.20. The molecule has 0 saturated carbocycles. The van der Waals surface area contributed by atoms with Gasteiger partial charge in [0.25, 0.3) is 5.91 Å². The van der Waals surface area contributed by atoms with Crippen LogP contribution in [0, 0.1) is 0 Å². The van der Waals surface area contributed by atoms with Crippen LogP contribution in [0.2, 0.25) is 0 Å². The molecule has 3 heterocycles. The van der Waals surface area contributed by atoms with Crippen LogP contribution in [0.15, 0.2) is 22.1 Å². The van der Waals surface area contributed by atoms with E-state index in [4.69, 9.17) is 0 Å². The van der Waals surface area contributed by atoms with E-state index in [9.17, 15) is 4.79 Å². The highest BCUT2D eigenvalue weighted by Gasteiger charge is 2.18. The Labute approximate surface area is 133 Å². The second kappa shape index (κ2) is 6.34. The van der Waals surface area contributed by atoms with E-state index in [0.29, 0.717) is 15.9 Å². The van der Waals surface area contributed by atoms with Crippen molar-refractivity contribution in [2.24, 2.45) is 0 Å². The first kappa shape index (κ1) is 14.2. The third kappa shape index (κ3) is 3.28. The Hall–Kier alpha value is -0.760. The van der Waals surface area contributed by atoms with Gasteiger partial charge in [0, 0.05) is 20.9 Å². The summed E-state index contributed by atoms with van der Waals surface area (Å²) in [4.78, 5) is 18.3. The van der Waals surface area contributed by atoms with Crippen molar-refractivity contribution in [2.45, 2.75) is 18.8 Å². The van der Waals surface area contributed by atoms with Gasteiger partial charge in [0.1, 0.15) is 0 Å². The Balaban J connectivity index is 1.66. The van der Waals surface area contributed by atoms with Crippen molar-refractivity contribution in [1.82, 2.24) is 10.3 Å². The molecule has 0 atom stereocenters. The number of nitrogens with zero attached hydrogens (tertiary/aromatic N) is 1. The summed E-state index contributed by atoms with van der Waals surface area (Å²) in [6.45, 7) is 2.13. The van der Waals surface area contributed by atoms with Crippen molar-refractivity contribution in [1.29, 1.82) is 0 Å². The number of hydrogen-bond acceptors (Lipinski definition) is 5. The highest BCUT2D eigenvalue weighted by atomic mass is 79.9. The van der Waals surface area contributed by atoms with Crippen LogP contribution >= 0.6 is 38.6 Å². The molecular formula is C13H14BrN3OS2. The number of aromatic nitrogens is 1. The van der Waals surface area contributed by atoms with E-state index >= 15 is 0 Å².